The van der Waals surface area contributed by atoms with Crippen LogP contribution >= 0.6 is 0 Å². The fraction of sp³-hybridized carbons (Fsp3) is 0.182. The highest BCUT2D eigenvalue weighted by Crippen LogP contribution is 2.20. The monoisotopic (exact) mass is 410 g/mol. The molecule has 1 aromatic heterocycles. The minimum Gasteiger partial charge on any atom is -0.494 e. The summed E-state index contributed by atoms with van der Waals surface area (Å²) in [5, 5.41) is 9.07. The van der Waals surface area contributed by atoms with E-state index in [4.69, 9.17) is 9.84 Å². The molecule has 1 N–H and O–H groups in total. The number of nitrogens with zero attached hydrogens (tertiary/aromatic N) is 2. The summed E-state index contributed by atoms with van der Waals surface area (Å²) in [5.74, 6) is -0.242. The van der Waals surface area contributed by atoms with E-state index in [-0.39, 0.29) is 5.56 Å². The predicted octanol–water partition coefficient (Wildman–Crippen LogP) is 3.90. The smallest absolute Gasteiger partial charge is 0.335 e. The topological polar surface area (TPSA) is 79.7 Å². The third-order valence-electron chi connectivity index (χ3n) is 4.20. The minimum absolute atomic E-state index is 0.220. The van der Waals surface area contributed by atoms with Gasteiger partial charge in [-0.1, -0.05) is 18.2 Å². The minimum atomic E-state index is -1.43. The Morgan fingerprint density at radius 3 is 2.34 bits per heavy atom. The van der Waals surface area contributed by atoms with E-state index in [1.807, 2.05) is 25.1 Å². The second-order valence-electron chi connectivity index (χ2n) is 6.27. The van der Waals surface area contributed by atoms with E-state index in [0.717, 1.165) is 17.0 Å². The molecule has 1 unspecified atom stereocenters. The van der Waals surface area contributed by atoms with Crippen molar-refractivity contribution in [3.8, 4) is 5.75 Å². The number of benzene rings is 2. The Morgan fingerprint density at radius 2 is 1.76 bits per heavy atom. The van der Waals surface area contributed by atoms with Crippen molar-refractivity contribution in [3.05, 3.63) is 89.7 Å². The molecule has 0 fully saturated rings. The van der Waals surface area contributed by atoms with Gasteiger partial charge in [-0.2, -0.15) is 0 Å². The Kier molecular flexibility index (Phi) is 7.10. The van der Waals surface area contributed by atoms with E-state index in [1.54, 1.807) is 59.0 Å². The zero-order valence-corrected chi connectivity index (χ0v) is 16.8. The van der Waals surface area contributed by atoms with Gasteiger partial charge < -0.3 is 9.84 Å². The Labute approximate surface area is 172 Å². The summed E-state index contributed by atoms with van der Waals surface area (Å²) in [6.07, 6.45) is 1.70. The number of aromatic carboxylic acids is 1. The molecule has 3 rings (SSSR count). The molecule has 1 heterocycles. The third-order valence-corrected chi connectivity index (χ3v) is 5.60. The van der Waals surface area contributed by atoms with Gasteiger partial charge in [0.05, 0.1) is 29.3 Å². The van der Waals surface area contributed by atoms with Crippen LogP contribution in [0.3, 0.4) is 0 Å². The van der Waals surface area contributed by atoms with E-state index in [1.165, 1.54) is 0 Å². The summed E-state index contributed by atoms with van der Waals surface area (Å²) in [6.45, 7) is 3.26. The van der Waals surface area contributed by atoms with Crippen molar-refractivity contribution in [3.63, 3.8) is 0 Å². The first kappa shape index (κ1) is 20.7. The van der Waals surface area contributed by atoms with Gasteiger partial charge in [0.25, 0.3) is 0 Å². The van der Waals surface area contributed by atoms with Crippen molar-refractivity contribution in [2.45, 2.75) is 24.9 Å². The summed E-state index contributed by atoms with van der Waals surface area (Å²) in [4.78, 5) is 16.1. The summed E-state index contributed by atoms with van der Waals surface area (Å²) in [6, 6.07) is 19.4. The van der Waals surface area contributed by atoms with Gasteiger partial charge in [0, 0.05) is 12.7 Å². The first-order chi connectivity index (χ1) is 14.1. The quantitative estimate of drug-likeness (QED) is 0.579. The lowest BCUT2D eigenvalue weighted by Crippen LogP contribution is -2.26. The van der Waals surface area contributed by atoms with Crippen LogP contribution in [0.15, 0.2) is 77.8 Å². The molecule has 7 heteroatoms. The largest absolute Gasteiger partial charge is 0.494 e. The molecule has 2 aromatic carbocycles. The second kappa shape index (κ2) is 9.95. The number of carboxylic acids is 1. The molecule has 0 amide bonds. The normalized spacial score (nSPS) is 11.9. The lowest BCUT2D eigenvalue weighted by Gasteiger charge is -2.21. The number of carboxylic acid groups (broad SMARTS) is 1. The average molecular weight is 410 g/mol. The number of pyridine rings is 1. The van der Waals surface area contributed by atoms with Crippen LogP contribution in [0.5, 0.6) is 5.75 Å². The lowest BCUT2D eigenvalue weighted by atomic mass is 10.1. The number of hydrogen-bond donors (Lipinski definition) is 1. The van der Waals surface area contributed by atoms with Gasteiger partial charge in [-0.3, -0.25) is 4.98 Å². The second-order valence-corrected chi connectivity index (χ2v) is 7.76. The molecule has 0 radical (unpaired) electrons. The van der Waals surface area contributed by atoms with Crippen molar-refractivity contribution >= 4 is 17.0 Å². The fourth-order valence-electron chi connectivity index (χ4n) is 2.77. The van der Waals surface area contributed by atoms with E-state index < -0.39 is 17.0 Å². The van der Waals surface area contributed by atoms with Crippen LogP contribution in [-0.2, 0) is 24.1 Å². The maximum atomic E-state index is 13.3. The molecule has 29 heavy (non-hydrogen) atoms. The van der Waals surface area contributed by atoms with E-state index in [9.17, 15) is 9.00 Å². The van der Waals surface area contributed by atoms with Crippen molar-refractivity contribution in [1.82, 2.24) is 9.29 Å². The SMILES string of the molecule is CCOc1ccc(S(=O)N(Cc2ccc(C(=O)O)cc2)Cc2ccccn2)cc1. The molecule has 150 valence electrons. The van der Waals surface area contributed by atoms with Crippen molar-refractivity contribution in [1.29, 1.82) is 0 Å². The first-order valence-electron chi connectivity index (χ1n) is 9.18. The van der Waals surface area contributed by atoms with Gasteiger partial charge in [0.15, 0.2) is 0 Å². The number of aromatic nitrogens is 1. The molecule has 0 aliphatic carbocycles. The highest BCUT2D eigenvalue weighted by molar-refractivity contribution is 7.82. The standard InChI is InChI=1S/C22H22N2O4S/c1-2-28-20-10-12-21(13-11-20)29(27)24(16-19-5-3-4-14-23-19)15-17-6-8-18(9-7-17)22(25)26/h3-14H,2,15-16H2,1H3,(H,25,26). The molecule has 3 aromatic rings. The van der Waals surface area contributed by atoms with Crippen molar-refractivity contribution in [2.24, 2.45) is 0 Å². The van der Waals surface area contributed by atoms with Crippen LogP contribution < -0.4 is 4.74 Å². The predicted molar refractivity (Wildman–Crippen MR) is 111 cm³/mol. The van der Waals surface area contributed by atoms with E-state index in [2.05, 4.69) is 4.98 Å². The molecule has 0 aliphatic heterocycles. The van der Waals surface area contributed by atoms with E-state index >= 15 is 0 Å². The first-order valence-corrected chi connectivity index (χ1v) is 10.3. The Bertz CT molecular complexity index is 960. The number of hydrogen-bond acceptors (Lipinski definition) is 4. The Morgan fingerprint density at radius 1 is 1.03 bits per heavy atom. The zero-order valence-electron chi connectivity index (χ0n) is 16.0. The fourth-order valence-corrected chi connectivity index (χ4v) is 3.95. The maximum Gasteiger partial charge on any atom is 0.335 e. The lowest BCUT2D eigenvalue weighted by molar-refractivity contribution is 0.0697. The molecule has 1 atom stereocenters. The van der Waals surface area contributed by atoms with Gasteiger partial charge in [-0.05, 0) is 61.0 Å². The van der Waals surface area contributed by atoms with Gasteiger partial charge in [0.2, 0.25) is 0 Å². The number of carbonyl (C=O) groups is 1. The molecular weight excluding hydrogens is 388 g/mol. The zero-order chi connectivity index (χ0) is 20.6. The molecule has 0 aliphatic rings. The molecule has 0 saturated carbocycles. The van der Waals surface area contributed by atoms with Gasteiger partial charge in [-0.15, -0.1) is 0 Å². The summed E-state index contributed by atoms with van der Waals surface area (Å²) in [7, 11) is -1.43. The Hall–Kier alpha value is -3.03. The summed E-state index contributed by atoms with van der Waals surface area (Å²) >= 11 is 0. The summed E-state index contributed by atoms with van der Waals surface area (Å²) in [5.41, 5.74) is 1.89. The van der Waals surface area contributed by atoms with Crippen molar-refractivity contribution in [2.75, 3.05) is 6.61 Å². The van der Waals surface area contributed by atoms with Gasteiger partial charge >= 0.3 is 5.97 Å². The van der Waals surface area contributed by atoms with Crippen molar-refractivity contribution < 1.29 is 18.8 Å². The number of rotatable bonds is 9. The molecule has 6 nitrogen and oxygen atoms in total. The molecular formula is C22H22N2O4S. The van der Waals surface area contributed by atoms with Crippen LogP contribution in [-0.4, -0.2) is 31.2 Å². The molecule has 0 saturated heterocycles. The van der Waals surface area contributed by atoms with Crippen LogP contribution in [0.1, 0.15) is 28.5 Å². The molecule has 0 bridgehead atoms. The highest BCUT2D eigenvalue weighted by Gasteiger charge is 2.17. The van der Waals surface area contributed by atoms with Crippen LogP contribution in [0, 0.1) is 0 Å². The highest BCUT2D eigenvalue weighted by atomic mass is 32.2. The van der Waals surface area contributed by atoms with Crippen LogP contribution in [0.2, 0.25) is 0 Å². The van der Waals surface area contributed by atoms with Gasteiger partial charge in [-0.25, -0.2) is 13.3 Å². The Balaban J connectivity index is 1.83. The maximum absolute atomic E-state index is 13.3. The third kappa shape index (κ3) is 5.73. The van der Waals surface area contributed by atoms with E-state index in [0.29, 0.717) is 24.6 Å². The number of ether oxygens (including phenoxy) is 1. The average Bonchev–Trinajstić information content (AvgIpc) is 2.75. The van der Waals surface area contributed by atoms with Crippen LogP contribution in [0.4, 0.5) is 0 Å². The summed E-state index contributed by atoms with van der Waals surface area (Å²) < 4.78 is 20.5. The van der Waals surface area contributed by atoms with Crippen LogP contribution in [0.25, 0.3) is 0 Å². The molecule has 0 spiro atoms. The van der Waals surface area contributed by atoms with Gasteiger partial charge in [0.1, 0.15) is 16.7 Å².